The summed E-state index contributed by atoms with van der Waals surface area (Å²) in [5.41, 5.74) is 0. The summed E-state index contributed by atoms with van der Waals surface area (Å²) in [6.07, 6.45) is -3.35. The zero-order chi connectivity index (χ0) is 11.0. The topological polar surface area (TPSA) is 90.2 Å². The lowest BCUT2D eigenvalue weighted by Gasteiger charge is -2.40. The van der Waals surface area contributed by atoms with E-state index in [1.165, 1.54) is 0 Å². The van der Waals surface area contributed by atoms with E-state index in [0.29, 0.717) is 0 Å². The summed E-state index contributed by atoms with van der Waals surface area (Å²) in [4.78, 5) is 0. The van der Waals surface area contributed by atoms with Gasteiger partial charge >= 0.3 is 0 Å². The van der Waals surface area contributed by atoms with Crippen LogP contribution in [0.2, 0.25) is 0 Å². The summed E-state index contributed by atoms with van der Waals surface area (Å²) in [5.74, 6) is 1.89. The molecule has 0 aliphatic carbocycles. The summed E-state index contributed by atoms with van der Waals surface area (Å²) < 4.78 is 5.33. The molecule has 2 rings (SSSR count). The molecule has 0 aromatic rings. The maximum atomic E-state index is 9.68. The summed E-state index contributed by atoms with van der Waals surface area (Å²) >= 11 is 0. The van der Waals surface area contributed by atoms with E-state index in [-0.39, 0.29) is 6.61 Å². The van der Waals surface area contributed by atoms with Crippen LogP contribution in [-0.4, -0.2) is 62.8 Å². The average Bonchev–Trinajstić information content (AvgIpc) is 2.16. The third-order valence-electron chi connectivity index (χ3n) is 2.65. The van der Waals surface area contributed by atoms with Gasteiger partial charge in [-0.2, -0.15) is 0 Å². The molecule has 2 aliphatic heterocycles. The van der Waals surface area contributed by atoms with Crippen LogP contribution < -0.4 is 0 Å². The standard InChI is InChI=1S/C9H13O5P/c10-3-4-6(11)7(12)8(13)9(14-4)5-1-2-15-5/h1-2,4,6-13H,3H2/t4-,6-,7+,8+,9?/m1/s1. The van der Waals surface area contributed by atoms with Crippen molar-refractivity contribution in [3.05, 3.63) is 11.9 Å². The largest absolute Gasteiger partial charge is 0.394 e. The number of rotatable bonds is 2. The zero-order valence-corrected chi connectivity index (χ0v) is 8.79. The van der Waals surface area contributed by atoms with Crippen molar-refractivity contribution in [3.63, 3.8) is 0 Å². The molecule has 4 N–H and O–H groups in total. The first-order valence-electron chi connectivity index (χ1n) is 4.70. The van der Waals surface area contributed by atoms with Gasteiger partial charge in [-0.15, -0.1) is 0 Å². The first-order valence-corrected chi connectivity index (χ1v) is 5.66. The second kappa shape index (κ2) is 4.29. The van der Waals surface area contributed by atoms with Gasteiger partial charge in [0.25, 0.3) is 0 Å². The minimum atomic E-state index is -1.28. The second-order valence-corrected chi connectivity index (χ2v) is 4.69. The van der Waals surface area contributed by atoms with Gasteiger partial charge in [-0.05, 0) is 11.9 Å². The first-order chi connectivity index (χ1) is 7.15. The Labute approximate surface area is 88.4 Å². The predicted octanol–water partition coefficient (Wildman–Crippen LogP) is -1.53. The Morgan fingerprint density at radius 1 is 1.20 bits per heavy atom. The fraction of sp³-hybridized carbons (Fsp3) is 0.667. The summed E-state index contributed by atoms with van der Waals surface area (Å²) in [5, 5.41) is 38.5. The fourth-order valence-electron chi connectivity index (χ4n) is 1.67. The van der Waals surface area contributed by atoms with E-state index in [4.69, 9.17) is 9.84 Å². The monoisotopic (exact) mass is 232 g/mol. The molecule has 1 saturated heterocycles. The van der Waals surface area contributed by atoms with E-state index in [0.717, 1.165) is 13.5 Å². The lowest BCUT2D eigenvalue weighted by atomic mass is 9.93. The lowest BCUT2D eigenvalue weighted by Crippen LogP contribution is -2.60. The van der Waals surface area contributed by atoms with Gasteiger partial charge in [-0.3, -0.25) is 0 Å². The first kappa shape index (κ1) is 11.2. The molecular weight excluding hydrogens is 219 g/mol. The quantitative estimate of drug-likeness (QED) is 0.434. The Morgan fingerprint density at radius 2 is 1.87 bits per heavy atom. The van der Waals surface area contributed by atoms with Crippen LogP contribution in [0.15, 0.2) is 11.9 Å². The van der Waals surface area contributed by atoms with E-state index in [1.54, 1.807) is 6.08 Å². The van der Waals surface area contributed by atoms with Crippen LogP contribution in [0.4, 0.5) is 0 Å². The van der Waals surface area contributed by atoms with Gasteiger partial charge in [0, 0.05) is 5.29 Å². The Kier molecular flexibility index (Phi) is 3.21. The van der Waals surface area contributed by atoms with Crippen LogP contribution in [0.5, 0.6) is 0 Å². The van der Waals surface area contributed by atoms with Crippen LogP contribution in [0, 0.1) is 0 Å². The van der Waals surface area contributed by atoms with Crippen LogP contribution >= 0.6 is 8.20 Å². The second-order valence-electron chi connectivity index (χ2n) is 3.62. The van der Waals surface area contributed by atoms with Crippen LogP contribution in [-0.2, 0) is 4.74 Å². The van der Waals surface area contributed by atoms with Gasteiger partial charge in [0.15, 0.2) is 0 Å². The molecule has 0 spiro atoms. The molecule has 5 nitrogen and oxygen atoms in total. The number of hydrogen-bond acceptors (Lipinski definition) is 5. The average molecular weight is 232 g/mol. The Bertz CT molecular complexity index is 301. The SMILES string of the molecule is OC[C@H]1OC(C2=PC=C2)[C@@H](O)[C@@H](O)[C@@H]1O. The van der Waals surface area contributed by atoms with Crippen molar-refractivity contribution in [1.82, 2.24) is 0 Å². The summed E-state index contributed by atoms with van der Waals surface area (Å²) in [6, 6.07) is 0. The third kappa shape index (κ3) is 1.87. The molecule has 15 heavy (non-hydrogen) atoms. The molecule has 2 aliphatic rings. The number of hydrogen-bond donors (Lipinski definition) is 4. The van der Waals surface area contributed by atoms with Gasteiger partial charge < -0.3 is 25.2 Å². The van der Waals surface area contributed by atoms with Crippen LogP contribution in [0.3, 0.4) is 0 Å². The zero-order valence-electron chi connectivity index (χ0n) is 7.89. The van der Waals surface area contributed by atoms with Crippen molar-refractivity contribution in [1.29, 1.82) is 0 Å². The predicted molar refractivity (Wildman–Crippen MR) is 54.8 cm³/mol. The molecule has 84 valence electrons. The smallest absolute Gasteiger partial charge is 0.116 e. The van der Waals surface area contributed by atoms with Crippen molar-refractivity contribution >= 4 is 13.5 Å². The maximum Gasteiger partial charge on any atom is 0.116 e. The molecule has 0 amide bonds. The molecule has 0 aromatic carbocycles. The fourth-order valence-corrected chi connectivity index (χ4v) is 2.36. The minimum Gasteiger partial charge on any atom is -0.394 e. The summed E-state index contributed by atoms with van der Waals surface area (Å²) in [7, 11) is 0.943. The lowest BCUT2D eigenvalue weighted by molar-refractivity contribution is -0.210. The van der Waals surface area contributed by atoms with E-state index >= 15 is 0 Å². The molecule has 0 aromatic heterocycles. The number of ether oxygens (including phenoxy) is 1. The highest BCUT2D eigenvalue weighted by molar-refractivity contribution is 7.47. The maximum absolute atomic E-state index is 9.68. The molecule has 0 bridgehead atoms. The highest BCUT2D eigenvalue weighted by Gasteiger charge is 2.44. The molecule has 1 fully saturated rings. The molecule has 6 heteroatoms. The summed E-state index contributed by atoms with van der Waals surface area (Å²) in [6.45, 7) is -0.380. The molecule has 0 saturated carbocycles. The van der Waals surface area contributed by atoms with Crippen LogP contribution in [0.1, 0.15) is 0 Å². The van der Waals surface area contributed by atoms with Crippen molar-refractivity contribution in [3.8, 4) is 0 Å². The van der Waals surface area contributed by atoms with E-state index in [2.05, 4.69) is 0 Å². The molecular formula is C9H13O5P. The number of aliphatic hydroxyl groups is 4. The van der Waals surface area contributed by atoms with E-state index in [1.807, 2.05) is 5.82 Å². The molecule has 2 heterocycles. The molecule has 1 unspecified atom stereocenters. The van der Waals surface area contributed by atoms with Crippen molar-refractivity contribution < 1.29 is 25.2 Å². The highest BCUT2D eigenvalue weighted by atomic mass is 31.1. The molecule has 0 radical (unpaired) electrons. The van der Waals surface area contributed by atoms with Crippen molar-refractivity contribution in [2.75, 3.05) is 6.61 Å². The Morgan fingerprint density at radius 3 is 2.33 bits per heavy atom. The van der Waals surface area contributed by atoms with Gasteiger partial charge in [0.2, 0.25) is 0 Å². The highest BCUT2D eigenvalue weighted by Crippen LogP contribution is 2.28. The van der Waals surface area contributed by atoms with E-state index < -0.39 is 30.5 Å². The Balaban J connectivity index is 2.12. The Hall–Kier alpha value is -0.290. The van der Waals surface area contributed by atoms with Gasteiger partial charge in [0.05, 0.1) is 6.61 Å². The van der Waals surface area contributed by atoms with Gasteiger partial charge in [-0.1, -0.05) is 8.20 Å². The third-order valence-corrected chi connectivity index (χ3v) is 3.65. The van der Waals surface area contributed by atoms with Gasteiger partial charge in [0.1, 0.15) is 30.5 Å². The van der Waals surface area contributed by atoms with Gasteiger partial charge in [-0.25, -0.2) is 0 Å². The van der Waals surface area contributed by atoms with Crippen molar-refractivity contribution in [2.24, 2.45) is 0 Å². The van der Waals surface area contributed by atoms with E-state index in [9.17, 15) is 15.3 Å². The normalized spacial score (nSPS) is 45.9. The number of aliphatic hydroxyl groups excluding tert-OH is 4. The van der Waals surface area contributed by atoms with Crippen LogP contribution in [0.25, 0.3) is 0 Å². The molecule has 5 atom stereocenters. The van der Waals surface area contributed by atoms with Crippen molar-refractivity contribution in [2.45, 2.75) is 30.5 Å². The minimum absolute atomic E-state index is 0.380.